The standard InChI is InChI=1S/C17H32O3/c1-2-3-12-20-17-14-16(19)13-15(17)10-8-6-4-5-7-9-11-18/h8,10,15-19H,2-7,9,11-14H2,1H3/b10-8+/t15-,16?,17-/m1/s1. The Kier molecular flexibility index (Phi) is 9.98. The van der Waals surface area contributed by atoms with E-state index in [1.165, 1.54) is 12.8 Å². The summed E-state index contributed by atoms with van der Waals surface area (Å²) in [7, 11) is 0. The predicted molar refractivity (Wildman–Crippen MR) is 82.7 cm³/mol. The molecule has 0 heterocycles. The average Bonchev–Trinajstić information content (AvgIpc) is 2.78. The van der Waals surface area contributed by atoms with Crippen molar-refractivity contribution in [2.24, 2.45) is 5.92 Å². The first-order valence-corrected chi connectivity index (χ1v) is 8.35. The van der Waals surface area contributed by atoms with Crippen molar-refractivity contribution >= 4 is 0 Å². The summed E-state index contributed by atoms with van der Waals surface area (Å²) in [5, 5.41) is 18.5. The van der Waals surface area contributed by atoms with E-state index in [0.717, 1.165) is 51.6 Å². The summed E-state index contributed by atoms with van der Waals surface area (Å²) in [5.41, 5.74) is 0. The number of unbranched alkanes of at least 4 members (excludes halogenated alkanes) is 5. The summed E-state index contributed by atoms with van der Waals surface area (Å²) < 4.78 is 5.90. The van der Waals surface area contributed by atoms with Crippen LogP contribution >= 0.6 is 0 Å². The second-order valence-corrected chi connectivity index (χ2v) is 5.91. The van der Waals surface area contributed by atoms with Gasteiger partial charge in [-0.3, -0.25) is 0 Å². The molecular formula is C17H32O3. The fourth-order valence-electron chi connectivity index (χ4n) is 2.78. The molecule has 118 valence electrons. The van der Waals surface area contributed by atoms with Crippen LogP contribution in [0.4, 0.5) is 0 Å². The molecule has 0 spiro atoms. The van der Waals surface area contributed by atoms with Crippen molar-refractivity contribution in [2.75, 3.05) is 13.2 Å². The topological polar surface area (TPSA) is 49.7 Å². The SMILES string of the molecule is CCCCO[C@@H]1CC(O)C[C@H]1/C=C/CCCCCCO. The zero-order chi connectivity index (χ0) is 14.6. The lowest BCUT2D eigenvalue weighted by molar-refractivity contribution is 0.0314. The van der Waals surface area contributed by atoms with Gasteiger partial charge in [0.2, 0.25) is 0 Å². The summed E-state index contributed by atoms with van der Waals surface area (Å²) in [6.07, 6.45) is 13.9. The third kappa shape index (κ3) is 7.41. The smallest absolute Gasteiger partial charge is 0.0663 e. The van der Waals surface area contributed by atoms with Gasteiger partial charge >= 0.3 is 0 Å². The maximum atomic E-state index is 9.79. The number of aliphatic hydroxyl groups excluding tert-OH is 2. The van der Waals surface area contributed by atoms with Crippen LogP contribution in [0.15, 0.2) is 12.2 Å². The minimum absolute atomic E-state index is 0.194. The molecule has 0 aliphatic heterocycles. The number of ether oxygens (including phenoxy) is 1. The van der Waals surface area contributed by atoms with Crippen LogP contribution < -0.4 is 0 Å². The minimum atomic E-state index is -0.194. The average molecular weight is 284 g/mol. The predicted octanol–water partition coefficient (Wildman–Crippen LogP) is 3.44. The molecule has 0 aromatic rings. The van der Waals surface area contributed by atoms with E-state index in [1.807, 2.05) is 0 Å². The van der Waals surface area contributed by atoms with Crippen LogP contribution in [0.25, 0.3) is 0 Å². The summed E-state index contributed by atoms with van der Waals surface area (Å²) >= 11 is 0. The largest absolute Gasteiger partial charge is 0.396 e. The minimum Gasteiger partial charge on any atom is -0.396 e. The van der Waals surface area contributed by atoms with Crippen molar-refractivity contribution in [3.63, 3.8) is 0 Å². The summed E-state index contributed by atoms with van der Waals surface area (Å²) in [4.78, 5) is 0. The molecular weight excluding hydrogens is 252 g/mol. The van der Waals surface area contributed by atoms with Gasteiger partial charge in [0.25, 0.3) is 0 Å². The Hall–Kier alpha value is -0.380. The number of aliphatic hydroxyl groups is 2. The molecule has 2 N–H and O–H groups in total. The zero-order valence-corrected chi connectivity index (χ0v) is 13.0. The first kappa shape index (κ1) is 17.7. The maximum absolute atomic E-state index is 9.79. The highest BCUT2D eigenvalue weighted by Crippen LogP contribution is 2.30. The van der Waals surface area contributed by atoms with Crippen LogP contribution in [0.5, 0.6) is 0 Å². The van der Waals surface area contributed by atoms with Crippen LogP contribution in [0.3, 0.4) is 0 Å². The van der Waals surface area contributed by atoms with Crippen molar-refractivity contribution in [2.45, 2.75) is 76.9 Å². The fraction of sp³-hybridized carbons (Fsp3) is 0.882. The molecule has 3 heteroatoms. The summed E-state index contributed by atoms with van der Waals surface area (Å²) in [6, 6.07) is 0. The molecule has 0 saturated heterocycles. The first-order chi connectivity index (χ1) is 9.77. The van der Waals surface area contributed by atoms with E-state index >= 15 is 0 Å². The molecule has 0 amide bonds. The van der Waals surface area contributed by atoms with E-state index in [4.69, 9.17) is 9.84 Å². The Morgan fingerprint density at radius 2 is 1.90 bits per heavy atom. The molecule has 1 aliphatic rings. The normalized spacial score (nSPS) is 26.6. The number of hydrogen-bond donors (Lipinski definition) is 2. The van der Waals surface area contributed by atoms with E-state index in [-0.39, 0.29) is 12.2 Å². The van der Waals surface area contributed by atoms with Gasteiger partial charge in [0, 0.05) is 25.6 Å². The van der Waals surface area contributed by atoms with Gasteiger partial charge in [0.15, 0.2) is 0 Å². The van der Waals surface area contributed by atoms with Gasteiger partial charge in [-0.1, -0.05) is 38.3 Å². The number of hydrogen-bond acceptors (Lipinski definition) is 3. The molecule has 3 atom stereocenters. The fourth-order valence-corrected chi connectivity index (χ4v) is 2.78. The van der Waals surface area contributed by atoms with Crippen LogP contribution in [0.2, 0.25) is 0 Å². The molecule has 0 aromatic carbocycles. The van der Waals surface area contributed by atoms with Gasteiger partial charge in [-0.25, -0.2) is 0 Å². The van der Waals surface area contributed by atoms with E-state index in [0.29, 0.717) is 12.5 Å². The van der Waals surface area contributed by atoms with Crippen molar-refractivity contribution in [1.82, 2.24) is 0 Å². The first-order valence-electron chi connectivity index (χ1n) is 8.35. The number of allylic oxidation sites excluding steroid dienone is 1. The Labute approximate surface area is 124 Å². The molecule has 1 fully saturated rings. The van der Waals surface area contributed by atoms with Crippen molar-refractivity contribution in [1.29, 1.82) is 0 Å². The third-order valence-corrected chi connectivity index (χ3v) is 4.02. The Bertz CT molecular complexity index is 253. The zero-order valence-electron chi connectivity index (χ0n) is 13.0. The second kappa shape index (κ2) is 11.3. The highest BCUT2D eigenvalue weighted by molar-refractivity contribution is 4.98. The molecule has 0 bridgehead atoms. The molecule has 20 heavy (non-hydrogen) atoms. The van der Waals surface area contributed by atoms with E-state index in [1.54, 1.807) is 0 Å². The molecule has 1 unspecified atom stereocenters. The van der Waals surface area contributed by atoms with Crippen LogP contribution in [0, 0.1) is 5.92 Å². The van der Waals surface area contributed by atoms with Gasteiger partial charge in [-0.15, -0.1) is 0 Å². The lowest BCUT2D eigenvalue weighted by Crippen LogP contribution is -2.17. The van der Waals surface area contributed by atoms with Crippen molar-refractivity contribution in [3.8, 4) is 0 Å². The highest BCUT2D eigenvalue weighted by Gasteiger charge is 2.31. The summed E-state index contributed by atoms with van der Waals surface area (Å²) in [6.45, 7) is 3.30. The van der Waals surface area contributed by atoms with Crippen LogP contribution in [-0.4, -0.2) is 35.6 Å². The van der Waals surface area contributed by atoms with E-state index < -0.39 is 0 Å². The van der Waals surface area contributed by atoms with Gasteiger partial charge < -0.3 is 14.9 Å². The second-order valence-electron chi connectivity index (χ2n) is 5.91. The molecule has 1 saturated carbocycles. The third-order valence-electron chi connectivity index (χ3n) is 4.02. The van der Waals surface area contributed by atoms with E-state index in [2.05, 4.69) is 19.1 Å². The maximum Gasteiger partial charge on any atom is 0.0663 e. The molecule has 3 nitrogen and oxygen atoms in total. The molecule has 0 radical (unpaired) electrons. The Morgan fingerprint density at radius 1 is 1.10 bits per heavy atom. The van der Waals surface area contributed by atoms with Crippen molar-refractivity contribution < 1.29 is 14.9 Å². The lowest BCUT2D eigenvalue weighted by atomic mass is 10.0. The molecule has 1 aliphatic carbocycles. The molecule has 1 rings (SSSR count). The van der Waals surface area contributed by atoms with Gasteiger partial charge in [-0.05, 0) is 32.1 Å². The highest BCUT2D eigenvalue weighted by atomic mass is 16.5. The lowest BCUT2D eigenvalue weighted by Gasteiger charge is -2.16. The Balaban J connectivity index is 2.18. The van der Waals surface area contributed by atoms with Gasteiger partial charge in [-0.2, -0.15) is 0 Å². The number of rotatable bonds is 11. The Morgan fingerprint density at radius 3 is 2.65 bits per heavy atom. The van der Waals surface area contributed by atoms with E-state index in [9.17, 15) is 5.11 Å². The molecule has 0 aromatic heterocycles. The summed E-state index contributed by atoms with van der Waals surface area (Å²) in [5.74, 6) is 0.388. The van der Waals surface area contributed by atoms with Crippen LogP contribution in [-0.2, 0) is 4.74 Å². The van der Waals surface area contributed by atoms with Gasteiger partial charge in [0.1, 0.15) is 0 Å². The quantitative estimate of drug-likeness (QED) is 0.451. The van der Waals surface area contributed by atoms with Crippen LogP contribution in [0.1, 0.15) is 64.7 Å². The van der Waals surface area contributed by atoms with Gasteiger partial charge in [0.05, 0.1) is 12.2 Å². The van der Waals surface area contributed by atoms with Crippen molar-refractivity contribution in [3.05, 3.63) is 12.2 Å². The monoisotopic (exact) mass is 284 g/mol.